The minimum Gasteiger partial charge on any atom is -0.493 e. The molecule has 0 fully saturated rings. The van der Waals surface area contributed by atoms with Crippen molar-refractivity contribution in [2.75, 3.05) is 11.9 Å². The maximum Gasteiger partial charge on any atom is 0.119 e. The first-order valence-electron chi connectivity index (χ1n) is 6.40. The average molecular weight is 235 g/mol. The summed E-state index contributed by atoms with van der Waals surface area (Å²) in [5.74, 6) is 0.939. The second-order valence-corrected chi connectivity index (χ2v) is 5.83. The summed E-state index contributed by atoms with van der Waals surface area (Å²) in [6, 6.07) is 8.71. The molecule has 0 aliphatic rings. The smallest absolute Gasteiger partial charge is 0.119 e. The van der Waals surface area contributed by atoms with E-state index in [0.717, 1.165) is 24.5 Å². The summed E-state index contributed by atoms with van der Waals surface area (Å²) in [5, 5.41) is 3.44. The molecule has 0 saturated carbocycles. The Bertz CT molecular complexity index is 324. The van der Waals surface area contributed by atoms with E-state index in [1.807, 2.05) is 12.1 Å². The maximum atomic E-state index is 5.73. The number of benzene rings is 1. The molecule has 0 bridgehead atoms. The van der Waals surface area contributed by atoms with E-state index in [0.29, 0.717) is 6.04 Å². The van der Waals surface area contributed by atoms with Crippen molar-refractivity contribution < 1.29 is 4.74 Å². The van der Waals surface area contributed by atoms with Crippen LogP contribution in [0.4, 0.5) is 5.69 Å². The summed E-state index contributed by atoms with van der Waals surface area (Å²) in [7, 11) is 0. The van der Waals surface area contributed by atoms with Gasteiger partial charge in [0.25, 0.3) is 0 Å². The van der Waals surface area contributed by atoms with E-state index in [1.54, 1.807) is 0 Å². The SMILES string of the molecule is CCC(C)Nc1ccc(OCC(C)(C)C)cc1. The predicted molar refractivity (Wildman–Crippen MR) is 74.8 cm³/mol. The molecule has 0 aromatic heterocycles. The van der Waals surface area contributed by atoms with Gasteiger partial charge in [0.1, 0.15) is 5.75 Å². The Balaban J connectivity index is 2.50. The highest BCUT2D eigenvalue weighted by Crippen LogP contribution is 2.20. The van der Waals surface area contributed by atoms with E-state index in [-0.39, 0.29) is 5.41 Å². The highest BCUT2D eigenvalue weighted by molar-refractivity contribution is 5.46. The van der Waals surface area contributed by atoms with Gasteiger partial charge in [-0.3, -0.25) is 0 Å². The first-order valence-corrected chi connectivity index (χ1v) is 6.40. The number of rotatable bonds is 5. The summed E-state index contributed by atoms with van der Waals surface area (Å²) in [5.41, 5.74) is 1.36. The monoisotopic (exact) mass is 235 g/mol. The molecular formula is C15H25NO. The second-order valence-electron chi connectivity index (χ2n) is 5.83. The van der Waals surface area contributed by atoms with Crippen LogP contribution in [-0.4, -0.2) is 12.6 Å². The summed E-state index contributed by atoms with van der Waals surface area (Å²) in [6.45, 7) is 11.6. The topological polar surface area (TPSA) is 21.3 Å². The number of anilines is 1. The Hall–Kier alpha value is -1.18. The molecule has 1 aromatic rings. The van der Waals surface area contributed by atoms with Crippen LogP contribution in [0.15, 0.2) is 24.3 Å². The van der Waals surface area contributed by atoms with Gasteiger partial charge in [0.05, 0.1) is 6.61 Å². The number of hydrogen-bond acceptors (Lipinski definition) is 2. The average Bonchev–Trinajstić information content (AvgIpc) is 2.27. The number of hydrogen-bond donors (Lipinski definition) is 1. The van der Waals surface area contributed by atoms with E-state index in [2.05, 4.69) is 52.1 Å². The van der Waals surface area contributed by atoms with E-state index >= 15 is 0 Å². The van der Waals surface area contributed by atoms with E-state index < -0.39 is 0 Å². The molecule has 2 nitrogen and oxygen atoms in total. The van der Waals surface area contributed by atoms with Crippen LogP contribution >= 0.6 is 0 Å². The van der Waals surface area contributed by atoms with Gasteiger partial charge in [-0.25, -0.2) is 0 Å². The molecule has 0 aliphatic heterocycles. The van der Waals surface area contributed by atoms with Crippen LogP contribution in [0, 0.1) is 5.41 Å². The van der Waals surface area contributed by atoms with Crippen molar-refractivity contribution in [2.24, 2.45) is 5.41 Å². The van der Waals surface area contributed by atoms with Crippen molar-refractivity contribution in [3.8, 4) is 5.75 Å². The fourth-order valence-corrected chi connectivity index (χ4v) is 1.33. The predicted octanol–water partition coefficient (Wildman–Crippen LogP) is 4.32. The van der Waals surface area contributed by atoms with Gasteiger partial charge in [0, 0.05) is 11.7 Å². The molecular weight excluding hydrogens is 210 g/mol. The quantitative estimate of drug-likeness (QED) is 0.820. The lowest BCUT2D eigenvalue weighted by Crippen LogP contribution is -2.17. The van der Waals surface area contributed by atoms with Gasteiger partial charge in [-0.1, -0.05) is 27.7 Å². The van der Waals surface area contributed by atoms with Crippen LogP contribution in [-0.2, 0) is 0 Å². The maximum absolute atomic E-state index is 5.73. The highest BCUT2D eigenvalue weighted by atomic mass is 16.5. The lowest BCUT2D eigenvalue weighted by molar-refractivity contribution is 0.198. The summed E-state index contributed by atoms with van der Waals surface area (Å²) in [4.78, 5) is 0. The minimum atomic E-state index is 0.202. The molecule has 0 saturated heterocycles. The third-order valence-electron chi connectivity index (χ3n) is 2.55. The van der Waals surface area contributed by atoms with Crippen molar-refractivity contribution in [1.29, 1.82) is 0 Å². The molecule has 0 radical (unpaired) electrons. The van der Waals surface area contributed by atoms with Crippen molar-refractivity contribution in [2.45, 2.75) is 47.1 Å². The zero-order valence-corrected chi connectivity index (χ0v) is 11.7. The summed E-state index contributed by atoms with van der Waals surface area (Å²) >= 11 is 0. The lowest BCUT2D eigenvalue weighted by Gasteiger charge is -2.19. The van der Waals surface area contributed by atoms with Gasteiger partial charge in [-0.15, -0.1) is 0 Å². The lowest BCUT2D eigenvalue weighted by atomic mass is 9.99. The molecule has 0 aliphatic carbocycles. The normalized spacial score (nSPS) is 13.2. The Morgan fingerprint density at radius 2 is 1.76 bits per heavy atom. The molecule has 0 spiro atoms. The Morgan fingerprint density at radius 1 is 1.18 bits per heavy atom. The third kappa shape index (κ3) is 5.62. The molecule has 1 aromatic carbocycles. The van der Waals surface area contributed by atoms with Gasteiger partial charge >= 0.3 is 0 Å². The molecule has 1 rings (SSSR count). The van der Waals surface area contributed by atoms with Crippen LogP contribution in [0.3, 0.4) is 0 Å². The van der Waals surface area contributed by atoms with Crippen LogP contribution in [0.5, 0.6) is 5.75 Å². The van der Waals surface area contributed by atoms with E-state index in [4.69, 9.17) is 4.74 Å². The summed E-state index contributed by atoms with van der Waals surface area (Å²) < 4.78 is 5.73. The van der Waals surface area contributed by atoms with Gasteiger partial charge in [0.15, 0.2) is 0 Å². The number of nitrogens with one attached hydrogen (secondary N) is 1. The van der Waals surface area contributed by atoms with Crippen molar-refractivity contribution >= 4 is 5.69 Å². The Kier molecular flexibility index (Phi) is 4.86. The van der Waals surface area contributed by atoms with Crippen molar-refractivity contribution in [3.63, 3.8) is 0 Å². The van der Waals surface area contributed by atoms with Gasteiger partial charge in [-0.2, -0.15) is 0 Å². The molecule has 0 amide bonds. The van der Waals surface area contributed by atoms with Crippen LogP contribution in [0.1, 0.15) is 41.0 Å². The largest absolute Gasteiger partial charge is 0.493 e. The molecule has 1 atom stereocenters. The van der Waals surface area contributed by atoms with E-state index in [9.17, 15) is 0 Å². The first-order chi connectivity index (χ1) is 7.90. The fraction of sp³-hybridized carbons (Fsp3) is 0.600. The van der Waals surface area contributed by atoms with Crippen LogP contribution in [0.2, 0.25) is 0 Å². The van der Waals surface area contributed by atoms with Crippen LogP contribution in [0.25, 0.3) is 0 Å². The second kappa shape index (κ2) is 5.95. The standard InChI is InChI=1S/C15H25NO/c1-6-12(2)16-13-7-9-14(10-8-13)17-11-15(3,4)5/h7-10,12,16H,6,11H2,1-5H3. The van der Waals surface area contributed by atoms with Crippen molar-refractivity contribution in [1.82, 2.24) is 0 Å². The fourth-order valence-electron chi connectivity index (χ4n) is 1.33. The molecule has 17 heavy (non-hydrogen) atoms. The third-order valence-corrected chi connectivity index (χ3v) is 2.55. The zero-order valence-electron chi connectivity index (χ0n) is 11.7. The van der Waals surface area contributed by atoms with Gasteiger partial charge in [0.2, 0.25) is 0 Å². The van der Waals surface area contributed by atoms with Crippen molar-refractivity contribution in [3.05, 3.63) is 24.3 Å². The van der Waals surface area contributed by atoms with E-state index in [1.165, 1.54) is 0 Å². The highest BCUT2D eigenvalue weighted by Gasteiger charge is 2.10. The zero-order chi connectivity index (χ0) is 12.9. The summed E-state index contributed by atoms with van der Waals surface area (Å²) in [6.07, 6.45) is 1.13. The van der Waals surface area contributed by atoms with Gasteiger partial charge in [-0.05, 0) is 43.0 Å². The Labute approximate surface area is 105 Å². The van der Waals surface area contributed by atoms with Crippen LogP contribution < -0.4 is 10.1 Å². The van der Waals surface area contributed by atoms with Gasteiger partial charge < -0.3 is 10.1 Å². The first kappa shape index (κ1) is 13.9. The molecule has 2 heteroatoms. The molecule has 1 unspecified atom stereocenters. The molecule has 1 N–H and O–H groups in total. The number of ether oxygens (including phenoxy) is 1. The molecule has 0 heterocycles. The minimum absolute atomic E-state index is 0.202. The molecule has 96 valence electrons. The Morgan fingerprint density at radius 3 is 2.24 bits per heavy atom.